The lowest BCUT2D eigenvalue weighted by atomic mass is 10.0. The van der Waals surface area contributed by atoms with Gasteiger partial charge in [-0.15, -0.1) is 0 Å². The zero-order valence-corrected chi connectivity index (χ0v) is 13.5. The van der Waals surface area contributed by atoms with Gasteiger partial charge in [-0.3, -0.25) is 4.79 Å². The molecule has 132 valence electrons. The fourth-order valence-corrected chi connectivity index (χ4v) is 3.50. The average Bonchev–Trinajstić information content (AvgIpc) is 2.66. The number of rotatable bonds is 1. The number of aromatic nitrogens is 1. The SMILES string of the molecule is O=C(O)c1cn2c3c(c(F)c(F)cc3c1=O)Oc1ccc3ccccc3c1-2. The van der Waals surface area contributed by atoms with E-state index in [2.05, 4.69) is 0 Å². The molecule has 3 aromatic carbocycles. The zero-order chi connectivity index (χ0) is 18.9. The molecule has 5 rings (SSSR count). The number of ether oxygens (including phenoxy) is 1. The van der Waals surface area contributed by atoms with E-state index in [1.165, 1.54) is 4.57 Å². The summed E-state index contributed by atoms with van der Waals surface area (Å²) in [5.74, 6) is -4.19. The highest BCUT2D eigenvalue weighted by Crippen LogP contribution is 2.44. The van der Waals surface area contributed by atoms with E-state index in [9.17, 15) is 23.5 Å². The Labute approximate surface area is 149 Å². The smallest absolute Gasteiger partial charge is 0.341 e. The highest BCUT2D eigenvalue weighted by Gasteiger charge is 2.29. The molecular weight excluding hydrogens is 356 g/mol. The molecule has 0 radical (unpaired) electrons. The van der Waals surface area contributed by atoms with E-state index >= 15 is 0 Å². The van der Waals surface area contributed by atoms with Gasteiger partial charge in [0.15, 0.2) is 17.3 Å². The second-order valence-electron chi connectivity index (χ2n) is 6.18. The normalized spacial score (nSPS) is 12.1. The maximum Gasteiger partial charge on any atom is 0.341 e. The van der Waals surface area contributed by atoms with Gasteiger partial charge in [0, 0.05) is 11.6 Å². The quantitative estimate of drug-likeness (QED) is 0.483. The molecule has 27 heavy (non-hydrogen) atoms. The van der Waals surface area contributed by atoms with Crippen LogP contribution in [0.4, 0.5) is 8.78 Å². The van der Waals surface area contributed by atoms with Crippen LogP contribution in [0.5, 0.6) is 11.5 Å². The Morgan fingerprint density at radius 3 is 2.63 bits per heavy atom. The van der Waals surface area contributed by atoms with Crippen molar-refractivity contribution in [2.24, 2.45) is 0 Å². The predicted octanol–water partition coefficient (Wildman–Crippen LogP) is 4.23. The molecule has 0 fully saturated rings. The van der Waals surface area contributed by atoms with Crippen molar-refractivity contribution in [3.8, 4) is 17.2 Å². The molecule has 2 heterocycles. The number of aromatic carboxylic acids is 1. The lowest BCUT2D eigenvalue weighted by molar-refractivity contribution is 0.0695. The van der Waals surface area contributed by atoms with Crippen LogP contribution < -0.4 is 10.2 Å². The van der Waals surface area contributed by atoms with E-state index in [0.717, 1.165) is 11.6 Å². The van der Waals surface area contributed by atoms with Crippen LogP contribution in [0.25, 0.3) is 27.4 Å². The summed E-state index contributed by atoms with van der Waals surface area (Å²) in [5, 5.41) is 10.7. The van der Waals surface area contributed by atoms with Crippen molar-refractivity contribution in [1.29, 1.82) is 0 Å². The fourth-order valence-electron chi connectivity index (χ4n) is 3.50. The van der Waals surface area contributed by atoms with Crippen LogP contribution in [0.15, 0.2) is 53.5 Å². The molecule has 0 unspecified atom stereocenters. The Kier molecular flexibility index (Phi) is 2.95. The minimum Gasteiger partial charge on any atom is -0.477 e. The van der Waals surface area contributed by atoms with Gasteiger partial charge < -0.3 is 14.4 Å². The minimum atomic E-state index is -1.45. The summed E-state index contributed by atoms with van der Waals surface area (Å²) in [6.45, 7) is 0. The summed E-state index contributed by atoms with van der Waals surface area (Å²) in [7, 11) is 0. The molecule has 0 bridgehead atoms. The Balaban J connectivity index is 2.07. The minimum absolute atomic E-state index is 0.00671. The van der Waals surface area contributed by atoms with Gasteiger partial charge in [-0.05, 0) is 17.5 Å². The molecule has 5 nitrogen and oxygen atoms in total. The van der Waals surface area contributed by atoms with E-state index < -0.39 is 34.3 Å². The summed E-state index contributed by atoms with van der Waals surface area (Å²) in [6, 6.07) is 11.3. The van der Waals surface area contributed by atoms with E-state index in [0.29, 0.717) is 17.1 Å². The van der Waals surface area contributed by atoms with Crippen LogP contribution in [0, 0.1) is 11.6 Å². The lowest BCUT2D eigenvalue weighted by Gasteiger charge is -2.25. The molecule has 0 atom stereocenters. The predicted molar refractivity (Wildman–Crippen MR) is 94.0 cm³/mol. The second-order valence-corrected chi connectivity index (χ2v) is 6.18. The topological polar surface area (TPSA) is 68.5 Å². The molecular formula is C20H9F2NO4. The van der Waals surface area contributed by atoms with Gasteiger partial charge in [0.1, 0.15) is 11.1 Å². The standard InChI is InChI=1S/C20H9F2NO4/c21-13-7-11-17-19(15(13)22)27-14-6-5-9-3-1-2-4-10(9)16(14)23(17)8-12(18(11)24)20(25)26/h1-8H,(H,25,26). The third-order valence-corrected chi connectivity index (χ3v) is 4.69. The van der Waals surface area contributed by atoms with Gasteiger partial charge in [-0.25, -0.2) is 9.18 Å². The number of benzene rings is 3. The van der Waals surface area contributed by atoms with Crippen LogP contribution >= 0.6 is 0 Å². The number of fused-ring (bicyclic) bond motifs is 4. The number of nitrogens with zero attached hydrogens (tertiary/aromatic N) is 1. The van der Waals surface area contributed by atoms with Gasteiger partial charge in [-0.1, -0.05) is 30.3 Å². The Morgan fingerprint density at radius 2 is 1.85 bits per heavy atom. The summed E-state index contributed by atoms with van der Waals surface area (Å²) in [6.07, 6.45) is 1.13. The number of halogens is 2. The molecule has 0 saturated heterocycles. The maximum absolute atomic E-state index is 14.4. The fraction of sp³-hybridized carbons (Fsp3) is 0. The van der Waals surface area contributed by atoms with Crippen LogP contribution in [0.2, 0.25) is 0 Å². The van der Waals surface area contributed by atoms with Crippen molar-refractivity contribution in [3.63, 3.8) is 0 Å². The van der Waals surface area contributed by atoms with E-state index in [1.54, 1.807) is 24.3 Å². The third kappa shape index (κ3) is 1.96. The first-order valence-corrected chi connectivity index (χ1v) is 7.98. The molecule has 0 saturated carbocycles. The number of hydrogen-bond acceptors (Lipinski definition) is 3. The molecule has 1 N–H and O–H groups in total. The molecule has 0 spiro atoms. The maximum atomic E-state index is 14.4. The van der Waals surface area contributed by atoms with Crippen LogP contribution in [-0.2, 0) is 0 Å². The monoisotopic (exact) mass is 365 g/mol. The number of pyridine rings is 1. The third-order valence-electron chi connectivity index (χ3n) is 4.69. The first-order valence-electron chi connectivity index (χ1n) is 7.98. The molecule has 1 aliphatic heterocycles. The average molecular weight is 365 g/mol. The van der Waals surface area contributed by atoms with Crippen LogP contribution in [0.1, 0.15) is 10.4 Å². The van der Waals surface area contributed by atoms with Gasteiger partial charge in [0.25, 0.3) is 0 Å². The summed E-state index contributed by atoms with van der Waals surface area (Å²) < 4.78 is 35.4. The Bertz CT molecular complexity index is 1370. The first kappa shape index (κ1) is 15.5. The van der Waals surface area contributed by atoms with Gasteiger partial charge in [-0.2, -0.15) is 4.39 Å². The molecule has 1 aliphatic rings. The van der Waals surface area contributed by atoms with E-state index in [1.807, 2.05) is 12.1 Å². The van der Waals surface area contributed by atoms with Crippen molar-refractivity contribution in [1.82, 2.24) is 4.57 Å². The number of hydrogen-bond donors (Lipinski definition) is 1. The lowest BCUT2D eigenvalue weighted by Crippen LogP contribution is -2.21. The summed E-state index contributed by atoms with van der Waals surface area (Å²) >= 11 is 0. The number of carbonyl (C=O) groups is 1. The van der Waals surface area contributed by atoms with Gasteiger partial charge in [0.2, 0.25) is 11.2 Å². The molecule has 0 amide bonds. The number of carboxylic acid groups (broad SMARTS) is 1. The van der Waals surface area contributed by atoms with E-state index in [4.69, 9.17) is 4.74 Å². The van der Waals surface area contributed by atoms with Gasteiger partial charge in [0.05, 0.1) is 11.1 Å². The van der Waals surface area contributed by atoms with Crippen molar-refractivity contribution in [3.05, 3.63) is 76.1 Å². The van der Waals surface area contributed by atoms with Crippen molar-refractivity contribution < 1.29 is 23.4 Å². The molecule has 0 aliphatic carbocycles. The van der Waals surface area contributed by atoms with Crippen LogP contribution in [0.3, 0.4) is 0 Å². The second kappa shape index (κ2) is 5.14. The van der Waals surface area contributed by atoms with Crippen LogP contribution in [-0.4, -0.2) is 15.6 Å². The van der Waals surface area contributed by atoms with Crippen molar-refractivity contribution in [2.45, 2.75) is 0 Å². The summed E-state index contributed by atoms with van der Waals surface area (Å²) in [4.78, 5) is 24.1. The Hall–Kier alpha value is -3.74. The largest absolute Gasteiger partial charge is 0.477 e. The molecule has 1 aromatic heterocycles. The Morgan fingerprint density at radius 1 is 1.07 bits per heavy atom. The molecule has 7 heteroatoms. The first-order chi connectivity index (χ1) is 13.0. The number of carboxylic acids is 1. The van der Waals surface area contributed by atoms with Gasteiger partial charge >= 0.3 is 5.97 Å². The summed E-state index contributed by atoms with van der Waals surface area (Å²) in [5.41, 5.74) is -0.992. The highest BCUT2D eigenvalue weighted by atomic mass is 19.2. The zero-order valence-electron chi connectivity index (χ0n) is 13.5. The van der Waals surface area contributed by atoms with E-state index in [-0.39, 0.29) is 16.7 Å². The van der Waals surface area contributed by atoms with Crippen molar-refractivity contribution in [2.75, 3.05) is 0 Å². The molecule has 4 aromatic rings. The van der Waals surface area contributed by atoms with Crippen molar-refractivity contribution >= 4 is 27.6 Å². The highest BCUT2D eigenvalue weighted by molar-refractivity contribution is 6.00.